The predicted octanol–water partition coefficient (Wildman–Crippen LogP) is -0.840. The van der Waals surface area contributed by atoms with Gasteiger partial charge in [-0.15, -0.1) is 0 Å². The minimum Gasteiger partial charge on any atom is -0.380 e. The second-order valence-electron chi connectivity index (χ2n) is 2.82. The molecule has 0 aliphatic rings. The molecule has 0 heterocycles. The van der Waals surface area contributed by atoms with Crippen molar-refractivity contribution >= 4 is 10.0 Å². The summed E-state index contributed by atoms with van der Waals surface area (Å²) in [4.78, 5) is 0. The first-order valence-electron chi connectivity index (χ1n) is 4.16. The molecule has 0 saturated carbocycles. The van der Waals surface area contributed by atoms with Crippen LogP contribution in [0, 0.1) is 0 Å². The van der Waals surface area contributed by atoms with Crippen LogP contribution >= 0.6 is 0 Å². The summed E-state index contributed by atoms with van der Waals surface area (Å²) in [6.45, 7) is 2.58. The highest BCUT2D eigenvalue weighted by Gasteiger charge is 2.10. The second-order valence-corrected chi connectivity index (χ2v) is 4.74. The Hall–Kier alpha value is -0.170. The molecule has 0 aliphatic heterocycles. The van der Waals surface area contributed by atoms with E-state index in [1.54, 1.807) is 21.1 Å². The molecule has 0 radical (unpaired) electrons. The fourth-order valence-corrected chi connectivity index (χ4v) is 1.74. The van der Waals surface area contributed by atoms with Gasteiger partial charge in [0.15, 0.2) is 0 Å². The van der Waals surface area contributed by atoms with Crippen molar-refractivity contribution in [2.45, 2.75) is 13.0 Å². The molecule has 0 aromatic rings. The fraction of sp³-hybridized carbons (Fsp3) is 1.00. The van der Waals surface area contributed by atoms with E-state index in [0.29, 0.717) is 13.1 Å². The normalized spacial score (nSPS) is 14.4. The van der Waals surface area contributed by atoms with Gasteiger partial charge < -0.3 is 10.1 Å². The van der Waals surface area contributed by atoms with Gasteiger partial charge in [-0.05, 0) is 14.0 Å². The van der Waals surface area contributed by atoms with Crippen LogP contribution in [0.5, 0.6) is 0 Å². The van der Waals surface area contributed by atoms with Crippen LogP contribution in [-0.2, 0) is 14.8 Å². The van der Waals surface area contributed by atoms with Crippen LogP contribution < -0.4 is 10.0 Å². The number of hydrogen-bond acceptors (Lipinski definition) is 4. The quantitative estimate of drug-likeness (QED) is 0.575. The average molecular weight is 210 g/mol. The summed E-state index contributed by atoms with van der Waals surface area (Å²) in [5, 5.41) is 2.78. The van der Waals surface area contributed by atoms with E-state index in [-0.39, 0.29) is 11.9 Å². The summed E-state index contributed by atoms with van der Waals surface area (Å²) in [5.74, 6) is 0.0972. The molecule has 0 aromatic carbocycles. The summed E-state index contributed by atoms with van der Waals surface area (Å²) < 4.78 is 29.8. The molecule has 1 atom stereocenters. The SMILES string of the molecule is CNCCS(=O)(=O)NCC(C)OC. The molecule has 1 unspecified atom stereocenters. The molecule has 0 aliphatic carbocycles. The lowest BCUT2D eigenvalue weighted by molar-refractivity contribution is 0.122. The standard InChI is InChI=1S/C7H18N2O3S/c1-7(12-3)6-9-13(10,11)5-4-8-2/h7-9H,4-6H2,1-3H3. The van der Waals surface area contributed by atoms with Crippen molar-refractivity contribution in [3.63, 3.8) is 0 Å². The Bertz CT molecular complexity index is 216. The Morgan fingerprint density at radius 2 is 2.08 bits per heavy atom. The number of nitrogens with one attached hydrogen (secondary N) is 2. The van der Waals surface area contributed by atoms with E-state index in [2.05, 4.69) is 10.0 Å². The van der Waals surface area contributed by atoms with Crippen molar-refractivity contribution in [1.82, 2.24) is 10.0 Å². The summed E-state index contributed by atoms with van der Waals surface area (Å²) in [6.07, 6.45) is -0.0932. The van der Waals surface area contributed by atoms with Crippen LogP contribution in [0.15, 0.2) is 0 Å². The zero-order chi connectivity index (χ0) is 10.3. The van der Waals surface area contributed by atoms with Gasteiger partial charge in [0.05, 0.1) is 11.9 Å². The molecule has 80 valence electrons. The van der Waals surface area contributed by atoms with Crippen LogP contribution in [0.2, 0.25) is 0 Å². The van der Waals surface area contributed by atoms with Crippen LogP contribution in [0.4, 0.5) is 0 Å². The van der Waals surface area contributed by atoms with Crippen LogP contribution in [0.25, 0.3) is 0 Å². The minimum atomic E-state index is -3.14. The van der Waals surface area contributed by atoms with Crippen LogP contribution in [0.1, 0.15) is 6.92 Å². The van der Waals surface area contributed by atoms with Gasteiger partial charge in [-0.3, -0.25) is 0 Å². The molecule has 2 N–H and O–H groups in total. The third-order valence-electron chi connectivity index (χ3n) is 1.61. The fourth-order valence-electron chi connectivity index (χ4n) is 0.636. The zero-order valence-electron chi connectivity index (χ0n) is 8.33. The minimum absolute atomic E-state index is 0.0932. The summed E-state index contributed by atoms with van der Waals surface area (Å²) in [6, 6.07) is 0. The highest BCUT2D eigenvalue weighted by atomic mass is 32.2. The summed E-state index contributed by atoms with van der Waals surface area (Å²) in [5.41, 5.74) is 0. The Morgan fingerprint density at radius 3 is 2.54 bits per heavy atom. The van der Waals surface area contributed by atoms with Crippen molar-refractivity contribution in [2.75, 3.05) is 33.0 Å². The lowest BCUT2D eigenvalue weighted by Crippen LogP contribution is -2.35. The first-order valence-corrected chi connectivity index (χ1v) is 5.82. The predicted molar refractivity (Wildman–Crippen MR) is 52.2 cm³/mol. The Kier molecular flexibility index (Phi) is 6.23. The summed E-state index contributed by atoms with van der Waals surface area (Å²) >= 11 is 0. The second kappa shape index (κ2) is 6.31. The van der Waals surface area contributed by atoms with Gasteiger partial charge >= 0.3 is 0 Å². The first-order chi connectivity index (χ1) is 6.02. The van der Waals surface area contributed by atoms with E-state index >= 15 is 0 Å². The maximum absolute atomic E-state index is 11.2. The largest absolute Gasteiger partial charge is 0.380 e. The van der Waals surface area contributed by atoms with Gasteiger partial charge in [-0.25, -0.2) is 13.1 Å². The van der Waals surface area contributed by atoms with E-state index in [9.17, 15) is 8.42 Å². The van der Waals surface area contributed by atoms with Crippen molar-refractivity contribution < 1.29 is 13.2 Å². The number of hydrogen-bond donors (Lipinski definition) is 2. The molecule has 0 amide bonds. The lowest BCUT2D eigenvalue weighted by atomic mass is 10.4. The van der Waals surface area contributed by atoms with Gasteiger partial charge in [0, 0.05) is 20.2 Å². The Morgan fingerprint density at radius 1 is 1.46 bits per heavy atom. The van der Waals surface area contributed by atoms with E-state index in [4.69, 9.17) is 4.74 Å². The highest BCUT2D eigenvalue weighted by molar-refractivity contribution is 7.89. The number of methoxy groups -OCH3 is 1. The van der Waals surface area contributed by atoms with Gasteiger partial charge in [-0.1, -0.05) is 0 Å². The van der Waals surface area contributed by atoms with E-state index in [1.807, 2.05) is 0 Å². The number of sulfonamides is 1. The molecule has 0 saturated heterocycles. The lowest BCUT2D eigenvalue weighted by Gasteiger charge is -2.10. The van der Waals surface area contributed by atoms with Crippen molar-refractivity contribution in [3.05, 3.63) is 0 Å². The molecule has 0 fully saturated rings. The smallest absolute Gasteiger partial charge is 0.212 e. The molecule has 6 heteroatoms. The van der Waals surface area contributed by atoms with Crippen molar-refractivity contribution in [1.29, 1.82) is 0 Å². The summed E-state index contributed by atoms with van der Waals surface area (Å²) in [7, 11) is 0.122. The molecule has 0 spiro atoms. The molecular formula is C7H18N2O3S. The third-order valence-corrected chi connectivity index (χ3v) is 2.96. The van der Waals surface area contributed by atoms with E-state index in [1.165, 1.54) is 0 Å². The number of rotatable bonds is 7. The van der Waals surface area contributed by atoms with E-state index in [0.717, 1.165) is 0 Å². The van der Waals surface area contributed by atoms with Gasteiger partial charge in [-0.2, -0.15) is 0 Å². The van der Waals surface area contributed by atoms with Crippen molar-refractivity contribution in [2.24, 2.45) is 0 Å². The molecule has 0 bridgehead atoms. The monoisotopic (exact) mass is 210 g/mol. The van der Waals surface area contributed by atoms with Gasteiger partial charge in [0.2, 0.25) is 10.0 Å². The topological polar surface area (TPSA) is 67.4 Å². The van der Waals surface area contributed by atoms with Crippen molar-refractivity contribution in [3.8, 4) is 0 Å². The van der Waals surface area contributed by atoms with Gasteiger partial charge in [0.25, 0.3) is 0 Å². The molecular weight excluding hydrogens is 192 g/mol. The van der Waals surface area contributed by atoms with E-state index < -0.39 is 10.0 Å². The number of ether oxygens (including phenoxy) is 1. The molecule has 0 aromatic heterocycles. The maximum atomic E-state index is 11.2. The van der Waals surface area contributed by atoms with Crippen LogP contribution in [-0.4, -0.2) is 47.5 Å². The Balaban J connectivity index is 3.76. The average Bonchev–Trinajstić information content (AvgIpc) is 2.11. The first kappa shape index (κ1) is 12.8. The molecule has 13 heavy (non-hydrogen) atoms. The molecule has 0 rings (SSSR count). The maximum Gasteiger partial charge on any atom is 0.212 e. The highest BCUT2D eigenvalue weighted by Crippen LogP contribution is 1.88. The third kappa shape index (κ3) is 6.94. The Labute approximate surface area is 79.9 Å². The van der Waals surface area contributed by atoms with Gasteiger partial charge in [0.1, 0.15) is 0 Å². The van der Waals surface area contributed by atoms with Crippen LogP contribution in [0.3, 0.4) is 0 Å². The zero-order valence-corrected chi connectivity index (χ0v) is 9.15. The molecule has 5 nitrogen and oxygen atoms in total.